The van der Waals surface area contributed by atoms with Crippen molar-refractivity contribution in [1.82, 2.24) is 10.3 Å². The number of hydrogen-bond donors (Lipinski definition) is 2. The lowest BCUT2D eigenvalue weighted by molar-refractivity contribution is 0.0927. The number of aromatic nitrogens is 1. The third-order valence-electron chi connectivity index (χ3n) is 4.64. The minimum Gasteiger partial charge on any atom is -0.349 e. The molecule has 5 nitrogen and oxygen atoms in total. The fraction of sp³-hybridized carbons (Fsp3) is 0.350. The van der Waals surface area contributed by atoms with Gasteiger partial charge in [-0.05, 0) is 49.6 Å². The van der Waals surface area contributed by atoms with Crippen LogP contribution < -0.4 is 10.6 Å². The van der Waals surface area contributed by atoms with Gasteiger partial charge in [0, 0.05) is 28.5 Å². The van der Waals surface area contributed by atoms with Crippen LogP contribution in [-0.2, 0) is 0 Å². The van der Waals surface area contributed by atoms with Crippen molar-refractivity contribution in [3.63, 3.8) is 0 Å². The molecular formula is C20H22ClN3O2. The van der Waals surface area contributed by atoms with E-state index in [-0.39, 0.29) is 23.6 Å². The number of hydrogen-bond acceptors (Lipinski definition) is 3. The predicted molar refractivity (Wildman–Crippen MR) is 103 cm³/mol. The lowest BCUT2D eigenvalue weighted by Gasteiger charge is -2.22. The number of carbonyl (C=O) groups excluding carboxylic acids is 2. The number of anilines is 1. The first-order valence-corrected chi connectivity index (χ1v) is 9.25. The van der Waals surface area contributed by atoms with E-state index in [1.807, 2.05) is 13.0 Å². The second kappa shape index (κ2) is 8.32. The summed E-state index contributed by atoms with van der Waals surface area (Å²) in [5.74, 6) is -0.532. The molecule has 6 heteroatoms. The van der Waals surface area contributed by atoms with Crippen LogP contribution in [-0.4, -0.2) is 22.8 Å². The molecule has 0 unspecified atom stereocenters. The summed E-state index contributed by atoms with van der Waals surface area (Å²) >= 11 is 5.99. The molecule has 0 aliphatic heterocycles. The van der Waals surface area contributed by atoms with Gasteiger partial charge < -0.3 is 10.6 Å². The zero-order chi connectivity index (χ0) is 18.5. The number of nitrogens with zero attached hydrogens (tertiary/aromatic N) is 1. The molecular weight excluding hydrogens is 350 g/mol. The highest BCUT2D eigenvalue weighted by Gasteiger charge is 2.18. The zero-order valence-corrected chi connectivity index (χ0v) is 15.5. The summed E-state index contributed by atoms with van der Waals surface area (Å²) in [6.07, 6.45) is 7.03. The van der Waals surface area contributed by atoms with Crippen LogP contribution in [0.1, 0.15) is 58.5 Å². The molecule has 0 radical (unpaired) electrons. The highest BCUT2D eigenvalue weighted by atomic mass is 35.5. The number of amides is 2. The van der Waals surface area contributed by atoms with Gasteiger partial charge >= 0.3 is 0 Å². The Morgan fingerprint density at radius 1 is 1.08 bits per heavy atom. The van der Waals surface area contributed by atoms with Gasteiger partial charge in [-0.2, -0.15) is 0 Å². The van der Waals surface area contributed by atoms with Crippen LogP contribution in [0.5, 0.6) is 0 Å². The molecule has 1 aliphatic rings. The number of nitrogens with one attached hydrogen (secondary N) is 2. The van der Waals surface area contributed by atoms with E-state index in [2.05, 4.69) is 15.6 Å². The maximum absolute atomic E-state index is 12.5. The Morgan fingerprint density at radius 3 is 2.62 bits per heavy atom. The Labute approximate surface area is 158 Å². The van der Waals surface area contributed by atoms with Gasteiger partial charge in [0.25, 0.3) is 11.8 Å². The number of pyridine rings is 1. The van der Waals surface area contributed by atoms with Gasteiger partial charge in [0.05, 0.1) is 0 Å². The van der Waals surface area contributed by atoms with Crippen LogP contribution in [0.15, 0.2) is 36.5 Å². The molecule has 2 aromatic rings. The van der Waals surface area contributed by atoms with E-state index < -0.39 is 0 Å². The summed E-state index contributed by atoms with van der Waals surface area (Å²) in [6.45, 7) is 1.88. The van der Waals surface area contributed by atoms with E-state index in [0.29, 0.717) is 16.3 Å². The van der Waals surface area contributed by atoms with E-state index in [9.17, 15) is 9.59 Å². The van der Waals surface area contributed by atoms with Gasteiger partial charge in [-0.25, -0.2) is 0 Å². The van der Waals surface area contributed by atoms with Crippen molar-refractivity contribution in [3.05, 3.63) is 58.4 Å². The van der Waals surface area contributed by atoms with E-state index in [1.165, 1.54) is 18.7 Å². The van der Waals surface area contributed by atoms with Crippen molar-refractivity contribution in [1.29, 1.82) is 0 Å². The van der Waals surface area contributed by atoms with Crippen molar-refractivity contribution in [2.24, 2.45) is 0 Å². The smallest absolute Gasteiger partial charge is 0.274 e. The van der Waals surface area contributed by atoms with Crippen molar-refractivity contribution >= 4 is 29.1 Å². The highest BCUT2D eigenvalue weighted by Crippen LogP contribution is 2.21. The monoisotopic (exact) mass is 371 g/mol. The van der Waals surface area contributed by atoms with E-state index >= 15 is 0 Å². The molecule has 0 saturated heterocycles. The number of benzene rings is 1. The second-order valence-electron chi connectivity index (χ2n) is 6.65. The second-order valence-corrected chi connectivity index (χ2v) is 7.09. The standard InChI is InChI=1S/C20H22ClN3O2/c1-13-7-8-15(21)12-17(13)24-20(26)18-11-14(9-10-22-18)19(25)23-16-5-3-2-4-6-16/h7-12,16H,2-6H2,1H3,(H,23,25)(H,24,26). The quantitative estimate of drug-likeness (QED) is 0.838. The van der Waals surface area contributed by atoms with Crippen LogP contribution in [0.25, 0.3) is 0 Å². The van der Waals surface area contributed by atoms with Crippen LogP contribution in [0.3, 0.4) is 0 Å². The van der Waals surface area contributed by atoms with Gasteiger partial charge in [0.1, 0.15) is 5.69 Å². The molecule has 1 saturated carbocycles. The van der Waals surface area contributed by atoms with E-state index in [4.69, 9.17) is 11.6 Å². The molecule has 26 heavy (non-hydrogen) atoms. The summed E-state index contributed by atoms with van der Waals surface area (Å²) in [5, 5.41) is 6.39. The molecule has 2 N–H and O–H groups in total. The fourth-order valence-electron chi connectivity index (χ4n) is 3.13. The van der Waals surface area contributed by atoms with E-state index in [1.54, 1.807) is 18.2 Å². The van der Waals surface area contributed by atoms with Gasteiger partial charge in [0.15, 0.2) is 0 Å². The number of rotatable bonds is 4. The minimum atomic E-state index is -0.373. The molecule has 0 bridgehead atoms. The molecule has 3 rings (SSSR count). The average molecular weight is 372 g/mol. The summed E-state index contributed by atoms with van der Waals surface area (Å²) in [4.78, 5) is 29.0. The predicted octanol–water partition coefficient (Wildman–Crippen LogP) is 4.36. The van der Waals surface area contributed by atoms with E-state index in [0.717, 1.165) is 31.2 Å². The first kappa shape index (κ1) is 18.4. The van der Waals surface area contributed by atoms with Gasteiger partial charge in [-0.1, -0.05) is 36.9 Å². The van der Waals surface area contributed by atoms with Crippen molar-refractivity contribution in [3.8, 4) is 0 Å². The molecule has 2 amide bonds. The third-order valence-corrected chi connectivity index (χ3v) is 4.88. The number of aryl methyl sites for hydroxylation is 1. The van der Waals surface area contributed by atoms with Crippen molar-refractivity contribution < 1.29 is 9.59 Å². The van der Waals surface area contributed by atoms with Gasteiger partial charge in [-0.3, -0.25) is 14.6 Å². The third kappa shape index (κ3) is 4.61. The van der Waals surface area contributed by atoms with Gasteiger partial charge in [0.2, 0.25) is 0 Å². The molecule has 1 aliphatic carbocycles. The molecule has 1 aromatic heterocycles. The molecule has 136 valence electrons. The van der Waals surface area contributed by atoms with Crippen LogP contribution in [0, 0.1) is 6.92 Å². The highest BCUT2D eigenvalue weighted by molar-refractivity contribution is 6.31. The molecule has 1 heterocycles. The van der Waals surface area contributed by atoms with Crippen LogP contribution in [0.2, 0.25) is 5.02 Å². The lowest BCUT2D eigenvalue weighted by atomic mass is 9.95. The Bertz CT molecular complexity index is 816. The lowest BCUT2D eigenvalue weighted by Crippen LogP contribution is -2.36. The summed E-state index contributed by atoms with van der Waals surface area (Å²) in [6, 6.07) is 8.65. The molecule has 0 atom stereocenters. The zero-order valence-electron chi connectivity index (χ0n) is 14.7. The summed E-state index contributed by atoms with van der Waals surface area (Å²) in [5.41, 5.74) is 2.16. The largest absolute Gasteiger partial charge is 0.349 e. The molecule has 1 aromatic carbocycles. The minimum absolute atomic E-state index is 0.160. The first-order chi connectivity index (χ1) is 12.5. The summed E-state index contributed by atoms with van der Waals surface area (Å²) < 4.78 is 0. The maximum Gasteiger partial charge on any atom is 0.274 e. The molecule has 1 fully saturated rings. The Hall–Kier alpha value is -2.40. The van der Waals surface area contributed by atoms with Gasteiger partial charge in [-0.15, -0.1) is 0 Å². The van der Waals surface area contributed by atoms with Crippen LogP contribution in [0.4, 0.5) is 5.69 Å². The first-order valence-electron chi connectivity index (χ1n) is 8.87. The Kier molecular flexibility index (Phi) is 5.89. The maximum atomic E-state index is 12.5. The fourth-order valence-corrected chi connectivity index (χ4v) is 3.30. The summed E-state index contributed by atoms with van der Waals surface area (Å²) in [7, 11) is 0. The molecule has 0 spiro atoms. The van der Waals surface area contributed by atoms with Crippen molar-refractivity contribution in [2.45, 2.75) is 45.1 Å². The van der Waals surface area contributed by atoms with Crippen LogP contribution >= 0.6 is 11.6 Å². The SMILES string of the molecule is Cc1ccc(Cl)cc1NC(=O)c1cc(C(=O)NC2CCCCC2)ccn1. The normalized spacial score (nSPS) is 14.7. The number of halogens is 1. The Balaban J connectivity index is 1.70. The Morgan fingerprint density at radius 2 is 1.85 bits per heavy atom. The topological polar surface area (TPSA) is 71.1 Å². The van der Waals surface area contributed by atoms with Crippen molar-refractivity contribution in [2.75, 3.05) is 5.32 Å². The average Bonchev–Trinajstić information content (AvgIpc) is 2.65. The number of carbonyl (C=O) groups is 2.